The zero-order valence-electron chi connectivity index (χ0n) is 13.0. The monoisotopic (exact) mass is 313 g/mol. The molecule has 1 aliphatic heterocycles. The number of carbonyl (C=O) groups is 2. The molecule has 3 rings (SSSR count). The van der Waals surface area contributed by atoms with Crippen molar-refractivity contribution in [3.8, 4) is 5.75 Å². The van der Waals surface area contributed by atoms with E-state index in [0.717, 1.165) is 10.8 Å². The number of ketones is 1. The molecule has 120 valence electrons. The summed E-state index contributed by atoms with van der Waals surface area (Å²) in [6, 6.07) is 10.6. The van der Waals surface area contributed by atoms with Gasteiger partial charge in [0.1, 0.15) is 11.5 Å². The van der Waals surface area contributed by atoms with Gasteiger partial charge >= 0.3 is 0 Å². The van der Waals surface area contributed by atoms with Crippen LogP contribution in [0.15, 0.2) is 36.4 Å². The third-order valence-electron chi connectivity index (χ3n) is 4.11. The number of benzene rings is 2. The first-order valence-electron chi connectivity index (χ1n) is 7.66. The van der Waals surface area contributed by atoms with E-state index in [1.165, 1.54) is 6.92 Å². The van der Waals surface area contributed by atoms with E-state index in [2.05, 4.69) is 0 Å². The summed E-state index contributed by atoms with van der Waals surface area (Å²) in [7, 11) is 0. The molecule has 5 heteroatoms. The van der Waals surface area contributed by atoms with Gasteiger partial charge in [-0.05, 0) is 29.8 Å². The molecule has 0 spiro atoms. The maximum Gasteiger partial charge on any atom is 0.258 e. The first-order valence-corrected chi connectivity index (χ1v) is 7.66. The van der Waals surface area contributed by atoms with E-state index in [-0.39, 0.29) is 35.5 Å². The van der Waals surface area contributed by atoms with Crippen molar-refractivity contribution in [3.05, 3.63) is 42.0 Å². The highest BCUT2D eigenvalue weighted by atomic mass is 16.5. The number of ether oxygens (including phenoxy) is 1. The lowest BCUT2D eigenvalue weighted by molar-refractivity contribution is -0.119. The Hall–Kier alpha value is -2.40. The Bertz CT molecular complexity index is 756. The van der Waals surface area contributed by atoms with E-state index in [9.17, 15) is 14.7 Å². The van der Waals surface area contributed by atoms with Gasteiger partial charge in [0.25, 0.3) is 5.91 Å². The van der Waals surface area contributed by atoms with Crippen LogP contribution in [0.25, 0.3) is 10.8 Å². The SMILES string of the molecule is CC(=O)CC1COCCN1C(=O)c1cc2ccccc2cc1O. The van der Waals surface area contributed by atoms with Gasteiger partial charge < -0.3 is 14.7 Å². The number of nitrogens with zero attached hydrogens (tertiary/aromatic N) is 1. The lowest BCUT2D eigenvalue weighted by Crippen LogP contribution is -2.49. The van der Waals surface area contributed by atoms with Crippen molar-refractivity contribution < 1.29 is 19.4 Å². The normalized spacial score (nSPS) is 18.1. The number of rotatable bonds is 3. The molecule has 0 radical (unpaired) electrons. The Labute approximate surface area is 134 Å². The van der Waals surface area contributed by atoms with Crippen LogP contribution in [0.4, 0.5) is 0 Å². The topological polar surface area (TPSA) is 66.8 Å². The van der Waals surface area contributed by atoms with E-state index in [1.807, 2.05) is 24.3 Å². The average Bonchev–Trinajstić information content (AvgIpc) is 2.53. The van der Waals surface area contributed by atoms with Crippen molar-refractivity contribution in [2.75, 3.05) is 19.8 Å². The van der Waals surface area contributed by atoms with Crippen molar-refractivity contribution in [1.29, 1.82) is 0 Å². The summed E-state index contributed by atoms with van der Waals surface area (Å²) >= 11 is 0. The Kier molecular flexibility index (Phi) is 4.30. The number of phenols is 1. The Morgan fingerprint density at radius 1 is 1.26 bits per heavy atom. The largest absolute Gasteiger partial charge is 0.507 e. The quantitative estimate of drug-likeness (QED) is 0.944. The Balaban J connectivity index is 1.94. The summed E-state index contributed by atoms with van der Waals surface area (Å²) in [5.41, 5.74) is 0.263. The van der Waals surface area contributed by atoms with Gasteiger partial charge in [0, 0.05) is 13.0 Å². The minimum absolute atomic E-state index is 0.0148. The van der Waals surface area contributed by atoms with Crippen LogP contribution in [0.3, 0.4) is 0 Å². The number of morpholine rings is 1. The third kappa shape index (κ3) is 3.19. The summed E-state index contributed by atoms with van der Waals surface area (Å²) in [6.07, 6.45) is 0.264. The minimum Gasteiger partial charge on any atom is -0.507 e. The van der Waals surface area contributed by atoms with Crippen LogP contribution in [0.1, 0.15) is 23.7 Å². The molecule has 5 nitrogen and oxygen atoms in total. The second-order valence-corrected chi connectivity index (χ2v) is 5.85. The van der Waals surface area contributed by atoms with Crippen LogP contribution in [0.2, 0.25) is 0 Å². The summed E-state index contributed by atoms with van der Waals surface area (Å²) < 4.78 is 5.39. The van der Waals surface area contributed by atoms with Gasteiger partial charge in [-0.1, -0.05) is 24.3 Å². The highest BCUT2D eigenvalue weighted by Crippen LogP contribution is 2.27. The number of hydrogen-bond acceptors (Lipinski definition) is 4. The molecule has 2 aromatic carbocycles. The summed E-state index contributed by atoms with van der Waals surface area (Å²) in [6.45, 7) is 2.71. The highest BCUT2D eigenvalue weighted by molar-refractivity contribution is 6.01. The zero-order valence-corrected chi connectivity index (χ0v) is 13.0. The lowest BCUT2D eigenvalue weighted by Gasteiger charge is -2.35. The zero-order chi connectivity index (χ0) is 16.4. The third-order valence-corrected chi connectivity index (χ3v) is 4.11. The fraction of sp³-hybridized carbons (Fsp3) is 0.333. The molecule has 0 aliphatic carbocycles. The number of amides is 1. The number of fused-ring (bicyclic) bond motifs is 1. The fourth-order valence-electron chi connectivity index (χ4n) is 2.98. The molecule has 1 fully saturated rings. The average molecular weight is 313 g/mol. The smallest absolute Gasteiger partial charge is 0.258 e. The van der Waals surface area contributed by atoms with Gasteiger partial charge in [0.15, 0.2) is 0 Å². The van der Waals surface area contributed by atoms with Crippen molar-refractivity contribution in [3.63, 3.8) is 0 Å². The van der Waals surface area contributed by atoms with Crippen LogP contribution in [-0.2, 0) is 9.53 Å². The van der Waals surface area contributed by atoms with Crippen molar-refractivity contribution >= 4 is 22.5 Å². The molecule has 0 bridgehead atoms. The Morgan fingerprint density at radius 3 is 2.65 bits per heavy atom. The summed E-state index contributed by atoms with van der Waals surface area (Å²) in [5, 5.41) is 12.0. The van der Waals surface area contributed by atoms with E-state index in [4.69, 9.17) is 4.74 Å². The molecule has 2 aromatic rings. The van der Waals surface area contributed by atoms with Crippen LogP contribution in [0, 0.1) is 0 Å². The van der Waals surface area contributed by atoms with Crippen molar-refractivity contribution in [2.24, 2.45) is 0 Å². The molecule has 0 aromatic heterocycles. The van der Waals surface area contributed by atoms with Gasteiger partial charge in [-0.15, -0.1) is 0 Å². The second kappa shape index (κ2) is 6.38. The molecule has 0 saturated carbocycles. The lowest BCUT2D eigenvalue weighted by atomic mass is 10.0. The predicted octanol–water partition coefficient (Wildman–Crippen LogP) is 2.37. The first-order chi connectivity index (χ1) is 11.1. The van der Waals surface area contributed by atoms with Crippen LogP contribution in [0.5, 0.6) is 5.75 Å². The molecule has 1 unspecified atom stereocenters. The molecule has 1 saturated heterocycles. The van der Waals surface area contributed by atoms with Gasteiger partial charge in [-0.3, -0.25) is 9.59 Å². The maximum absolute atomic E-state index is 12.9. The first kappa shape index (κ1) is 15.5. The van der Waals surface area contributed by atoms with Gasteiger partial charge in [-0.2, -0.15) is 0 Å². The van der Waals surface area contributed by atoms with Crippen molar-refractivity contribution in [1.82, 2.24) is 4.90 Å². The summed E-state index contributed by atoms with van der Waals surface area (Å²) in [4.78, 5) is 25.9. The van der Waals surface area contributed by atoms with Crippen molar-refractivity contribution in [2.45, 2.75) is 19.4 Å². The molecule has 23 heavy (non-hydrogen) atoms. The number of carbonyl (C=O) groups excluding carboxylic acids is 2. The molecule has 1 atom stereocenters. The van der Waals surface area contributed by atoms with E-state index in [0.29, 0.717) is 19.8 Å². The standard InChI is InChI=1S/C18H19NO4/c1-12(20)8-15-11-23-7-6-19(15)18(22)16-9-13-4-2-3-5-14(13)10-17(16)21/h2-5,9-10,15,21H,6-8,11H2,1H3. The summed E-state index contributed by atoms with van der Waals surface area (Å²) in [5.74, 6) is -0.286. The minimum atomic E-state index is -0.278. The molecular weight excluding hydrogens is 294 g/mol. The number of aromatic hydroxyl groups is 1. The number of phenolic OH excluding ortho intramolecular Hbond substituents is 1. The van der Waals surface area contributed by atoms with E-state index in [1.54, 1.807) is 17.0 Å². The molecule has 1 amide bonds. The second-order valence-electron chi connectivity index (χ2n) is 5.85. The van der Waals surface area contributed by atoms with E-state index < -0.39 is 0 Å². The molecule has 1 aliphatic rings. The molecular formula is C18H19NO4. The van der Waals surface area contributed by atoms with Crippen LogP contribution < -0.4 is 0 Å². The molecule has 1 heterocycles. The van der Waals surface area contributed by atoms with E-state index >= 15 is 0 Å². The van der Waals surface area contributed by atoms with Gasteiger partial charge in [-0.25, -0.2) is 0 Å². The van der Waals surface area contributed by atoms with Gasteiger partial charge in [0.05, 0.1) is 24.8 Å². The number of Topliss-reactive ketones (excluding diaryl/α,β-unsaturated/α-hetero) is 1. The Morgan fingerprint density at radius 2 is 1.96 bits per heavy atom. The van der Waals surface area contributed by atoms with Crippen LogP contribution >= 0.6 is 0 Å². The number of hydrogen-bond donors (Lipinski definition) is 1. The fourth-order valence-corrected chi connectivity index (χ4v) is 2.98. The van der Waals surface area contributed by atoms with Gasteiger partial charge in [0.2, 0.25) is 0 Å². The predicted molar refractivity (Wildman–Crippen MR) is 86.6 cm³/mol. The highest BCUT2D eigenvalue weighted by Gasteiger charge is 2.30. The maximum atomic E-state index is 12.9. The molecule has 1 N–H and O–H groups in total. The van der Waals surface area contributed by atoms with Crippen LogP contribution in [-0.4, -0.2) is 47.5 Å².